The maximum atomic E-state index is 12.7. The van der Waals surface area contributed by atoms with E-state index in [1.165, 1.54) is 19.2 Å². The minimum Gasteiger partial charge on any atom is -0.489 e. The Morgan fingerprint density at radius 3 is 2.43 bits per heavy atom. The molecule has 0 spiro atoms. The van der Waals surface area contributed by atoms with Gasteiger partial charge in [-0.1, -0.05) is 36.4 Å². The Labute approximate surface area is 164 Å². The molecule has 6 nitrogen and oxygen atoms in total. The van der Waals surface area contributed by atoms with Gasteiger partial charge in [-0.05, 0) is 48.0 Å². The normalized spacial score (nSPS) is 10.9. The highest BCUT2D eigenvalue weighted by molar-refractivity contribution is 7.92. The minimum absolute atomic E-state index is 0.118. The number of ether oxygens (including phenoxy) is 1. The number of carbonyl (C=O) groups excluding carboxylic acids is 1. The van der Waals surface area contributed by atoms with Crippen molar-refractivity contribution in [3.8, 4) is 5.75 Å². The van der Waals surface area contributed by atoms with Crippen LogP contribution in [0.2, 0.25) is 0 Å². The molecule has 0 radical (unpaired) electrons. The van der Waals surface area contributed by atoms with Gasteiger partial charge in [-0.3, -0.25) is 9.52 Å². The largest absolute Gasteiger partial charge is 0.489 e. The Morgan fingerprint density at radius 1 is 0.929 bits per heavy atom. The van der Waals surface area contributed by atoms with E-state index in [4.69, 9.17) is 4.74 Å². The molecule has 0 heterocycles. The number of anilines is 1. The number of para-hydroxylation sites is 1. The van der Waals surface area contributed by atoms with Gasteiger partial charge in [0.25, 0.3) is 15.9 Å². The van der Waals surface area contributed by atoms with E-state index < -0.39 is 10.0 Å². The first-order valence-electron chi connectivity index (χ1n) is 8.60. The highest BCUT2D eigenvalue weighted by Gasteiger charge is 2.15. The van der Waals surface area contributed by atoms with Crippen molar-refractivity contribution in [2.75, 3.05) is 11.8 Å². The Balaban J connectivity index is 1.76. The fourth-order valence-corrected chi connectivity index (χ4v) is 3.69. The van der Waals surface area contributed by atoms with Crippen LogP contribution in [0.5, 0.6) is 5.75 Å². The maximum absolute atomic E-state index is 12.7. The Morgan fingerprint density at radius 2 is 1.68 bits per heavy atom. The van der Waals surface area contributed by atoms with Crippen molar-refractivity contribution in [3.63, 3.8) is 0 Å². The van der Waals surface area contributed by atoms with E-state index in [0.29, 0.717) is 17.0 Å². The molecule has 3 rings (SSSR count). The molecule has 144 valence electrons. The van der Waals surface area contributed by atoms with Crippen LogP contribution in [0.4, 0.5) is 5.69 Å². The van der Waals surface area contributed by atoms with Crippen LogP contribution in [-0.4, -0.2) is 21.4 Å². The summed E-state index contributed by atoms with van der Waals surface area (Å²) in [5, 5.41) is 2.51. The van der Waals surface area contributed by atoms with Gasteiger partial charge in [0.15, 0.2) is 0 Å². The number of carbonyl (C=O) groups is 1. The molecule has 0 aliphatic carbocycles. The molecule has 1 amide bonds. The van der Waals surface area contributed by atoms with Gasteiger partial charge in [0.2, 0.25) is 0 Å². The van der Waals surface area contributed by atoms with E-state index in [9.17, 15) is 13.2 Å². The first-order valence-corrected chi connectivity index (χ1v) is 10.1. The van der Waals surface area contributed by atoms with Crippen molar-refractivity contribution >= 4 is 21.6 Å². The summed E-state index contributed by atoms with van der Waals surface area (Å²) in [5.41, 5.74) is 1.41. The second-order valence-electron chi connectivity index (χ2n) is 6.01. The van der Waals surface area contributed by atoms with Gasteiger partial charge in [0, 0.05) is 18.3 Å². The van der Waals surface area contributed by atoms with Crippen molar-refractivity contribution in [1.29, 1.82) is 0 Å². The average Bonchev–Trinajstić information content (AvgIpc) is 2.72. The van der Waals surface area contributed by atoms with Crippen LogP contribution in [0.15, 0.2) is 83.8 Å². The summed E-state index contributed by atoms with van der Waals surface area (Å²) in [4.78, 5) is 11.9. The highest BCUT2D eigenvalue weighted by Crippen LogP contribution is 2.19. The van der Waals surface area contributed by atoms with Crippen LogP contribution in [-0.2, 0) is 16.6 Å². The zero-order chi connectivity index (χ0) is 20.0. The lowest BCUT2D eigenvalue weighted by Gasteiger charge is -2.11. The first kappa shape index (κ1) is 19.4. The van der Waals surface area contributed by atoms with Gasteiger partial charge < -0.3 is 10.1 Å². The number of benzene rings is 3. The topological polar surface area (TPSA) is 84.5 Å². The lowest BCUT2D eigenvalue weighted by Crippen LogP contribution is -2.18. The third-order valence-corrected chi connectivity index (χ3v) is 5.34. The standard InChI is InChI=1S/C21H20N2O4S/c1-22-21(24)17-8-6-9-18(14-17)23-28(25,26)20-12-5-7-16(13-20)15-27-19-10-3-2-4-11-19/h2-14,23H,15H2,1H3,(H,22,24). The molecule has 0 aliphatic rings. The third-order valence-electron chi connectivity index (χ3n) is 3.96. The monoisotopic (exact) mass is 396 g/mol. The van der Waals surface area contributed by atoms with Crippen LogP contribution in [0, 0.1) is 0 Å². The third kappa shape index (κ3) is 4.89. The maximum Gasteiger partial charge on any atom is 0.261 e. The predicted molar refractivity (Wildman–Crippen MR) is 108 cm³/mol. The smallest absolute Gasteiger partial charge is 0.261 e. The van der Waals surface area contributed by atoms with Crippen LogP contribution >= 0.6 is 0 Å². The van der Waals surface area contributed by atoms with Gasteiger partial charge in [0.05, 0.1) is 4.90 Å². The molecule has 0 fully saturated rings. The summed E-state index contributed by atoms with van der Waals surface area (Å²) < 4.78 is 33.6. The molecule has 7 heteroatoms. The highest BCUT2D eigenvalue weighted by atomic mass is 32.2. The molecular formula is C21H20N2O4S. The molecule has 0 unspecified atom stereocenters. The Bertz CT molecular complexity index is 1070. The SMILES string of the molecule is CNC(=O)c1cccc(NS(=O)(=O)c2cccc(COc3ccccc3)c2)c1. The second-order valence-corrected chi connectivity index (χ2v) is 7.70. The lowest BCUT2D eigenvalue weighted by molar-refractivity contribution is 0.0963. The van der Waals surface area contributed by atoms with Crippen LogP contribution < -0.4 is 14.8 Å². The number of rotatable bonds is 7. The van der Waals surface area contributed by atoms with Crippen molar-refractivity contribution in [2.45, 2.75) is 11.5 Å². The van der Waals surface area contributed by atoms with Crippen molar-refractivity contribution < 1.29 is 17.9 Å². The summed E-state index contributed by atoms with van der Waals surface area (Å²) in [6.45, 7) is 0.250. The minimum atomic E-state index is -3.81. The zero-order valence-corrected chi connectivity index (χ0v) is 16.1. The Hall–Kier alpha value is -3.32. The Kier molecular flexibility index (Phi) is 5.96. The van der Waals surface area contributed by atoms with E-state index >= 15 is 0 Å². The van der Waals surface area contributed by atoms with Gasteiger partial charge in [-0.2, -0.15) is 0 Å². The van der Waals surface area contributed by atoms with E-state index in [2.05, 4.69) is 10.0 Å². The van der Waals surface area contributed by atoms with Gasteiger partial charge >= 0.3 is 0 Å². The average molecular weight is 396 g/mol. The molecule has 0 saturated carbocycles. The molecule has 0 saturated heterocycles. The molecule has 0 aliphatic heterocycles. The summed E-state index contributed by atoms with van der Waals surface area (Å²) in [7, 11) is -2.29. The predicted octanol–water partition coefficient (Wildman–Crippen LogP) is 3.43. The van der Waals surface area contributed by atoms with Crippen molar-refractivity contribution in [1.82, 2.24) is 5.32 Å². The fraction of sp³-hybridized carbons (Fsp3) is 0.0952. The fourth-order valence-electron chi connectivity index (χ4n) is 2.57. The molecule has 0 atom stereocenters. The molecule has 28 heavy (non-hydrogen) atoms. The second kappa shape index (κ2) is 8.58. The van der Waals surface area contributed by atoms with Gasteiger partial charge in [0.1, 0.15) is 12.4 Å². The summed E-state index contributed by atoms with van der Waals surface area (Å²) in [6.07, 6.45) is 0. The zero-order valence-electron chi connectivity index (χ0n) is 15.3. The van der Waals surface area contributed by atoms with E-state index in [0.717, 1.165) is 5.56 Å². The van der Waals surface area contributed by atoms with Gasteiger partial charge in [-0.25, -0.2) is 8.42 Å². The summed E-state index contributed by atoms with van der Waals surface area (Å²) >= 11 is 0. The van der Waals surface area contributed by atoms with Crippen LogP contribution in [0.25, 0.3) is 0 Å². The van der Waals surface area contributed by atoms with E-state index in [-0.39, 0.29) is 17.4 Å². The van der Waals surface area contributed by atoms with Gasteiger partial charge in [-0.15, -0.1) is 0 Å². The summed E-state index contributed by atoms with van der Waals surface area (Å²) in [6, 6.07) is 22.1. The quantitative estimate of drug-likeness (QED) is 0.641. The molecular weight excluding hydrogens is 376 g/mol. The number of amides is 1. The molecule has 3 aromatic carbocycles. The summed E-state index contributed by atoms with van der Waals surface area (Å²) in [5.74, 6) is 0.418. The molecule has 3 aromatic rings. The number of nitrogens with one attached hydrogen (secondary N) is 2. The molecule has 0 bridgehead atoms. The molecule has 0 aromatic heterocycles. The van der Waals surface area contributed by atoms with Crippen LogP contribution in [0.3, 0.4) is 0 Å². The van der Waals surface area contributed by atoms with Crippen molar-refractivity contribution in [2.24, 2.45) is 0 Å². The van der Waals surface area contributed by atoms with E-state index in [1.54, 1.807) is 36.4 Å². The van der Waals surface area contributed by atoms with Crippen LogP contribution in [0.1, 0.15) is 15.9 Å². The lowest BCUT2D eigenvalue weighted by atomic mass is 10.2. The van der Waals surface area contributed by atoms with E-state index in [1.807, 2.05) is 30.3 Å². The number of hydrogen-bond acceptors (Lipinski definition) is 4. The van der Waals surface area contributed by atoms with Crippen molar-refractivity contribution in [3.05, 3.63) is 90.0 Å². The number of hydrogen-bond donors (Lipinski definition) is 2. The first-order chi connectivity index (χ1) is 13.5. The molecule has 2 N–H and O–H groups in total. The number of sulfonamides is 1.